The lowest BCUT2D eigenvalue weighted by Crippen LogP contribution is -2.47. The third kappa shape index (κ3) is 2.12. The minimum atomic E-state index is 0.594. The van der Waals surface area contributed by atoms with Gasteiger partial charge in [0.2, 0.25) is 0 Å². The van der Waals surface area contributed by atoms with Crippen LogP contribution in [0.4, 0.5) is 5.82 Å². The third-order valence-corrected chi connectivity index (χ3v) is 4.60. The Morgan fingerprint density at radius 1 is 1.22 bits per heavy atom. The van der Waals surface area contributed by atoms with Crippen molar-refractivity contribution in [1.82, 2.24) is 4.98 Å². The fourth-order valence-corrected chi connectivity index (χ4v) is 3.74. The van der Waals surface area contributed by atoms with E-state index in [2.05, 4.69) is 16.0 Å². The molecular formula is C15H23N3. The number of pyridine rings is 1. The second kappa shape index (κ2) is 5.27. The second-order valence-corrected chi connectivity index (χ2v) is 5.64. The molecule has 18 heavy (non-hydrogen) atoms. The van der Waals surface area contributed by atoms with E-state index in [4.69, 9.17) is 5.73 Å². The Balaban J connectivity index is 1.89. The van der Waals surface area contributed by atoms with E-state index in [0.717, 1.165) is 18.3 Å². The Morgan fingerprint density at radius 3 is 2.94 bits per heavy atom. The average Bonchev–Trinajstić information content (AvgIpc) is 2.46. The van der Waals surface area contributed by atoms with Crippen molar-refractivity contribution in [2.45, 2.75) is 51.1 Å². The van der Waals surface area contributed by atoms with E-state index in [9.17, 15) is 0 Å². The number of nitrogens with two attached hydrogens (primary N) is 1. The van der Waals surface area contributed by atoms with E-state index >= 15 is 0 Å². The number of aromatic nitrogens is 1. The second-order valence-electron chi connectivity index (χ2n) is 5.64. The molecule has 0 bridgehead atoms. The summed E-state index contributed by atoms with van der Waals surface area (Å²) in [6.45, 7) is 1.75. The molecule has 2 fully saturated rings. The molecule has 1 aromatic heterocycles. The third-order valence-electron chi connectivity index (χ3n) is 4.60. The van der Waals surface area contributed by atoms with Crippen LogP contribution < -0.4 is 10.6 Å². The summed E-state index contributed by atoms with van der Waals surface area (Å²) in [5.41, 5.74) is 7.06. The highest BCUT2D eigenvalue weighted by molar-refractivity contribution is 5.48. The molecule has 2 heterocycles. The normalized spacial score (nSPS) is 27.9. The van der Waals surface area contributed by atoms with Crippen LogP contribution in [-0.4, -0.2) is 17.6 Å². The van der Waals surface area contributed by atoms with E-state index in [-0.39, 0.29) is 0 Å². The van der Waals surface area contributed by atoms with Crippen LogP contribution in [0.25, 0.3) is 0 Å². The maximum atomic E-state index is 5.86. The van der Waals surface area contributed by atoms with E-state index in [1.165, 1.54) is 44.1 Å². The topological polar surface area (TPSA) is 42.1 Å². The van der Waals surface area contributed by atoms with Gasteiger partial charge in [0.1, 0.15) is 5.82 Å². The molecule has 2 N–H and O–H groups in total. The number of fused-ring (bicyclic) bond motifs is 1. The van der Waals surface area contributed by atoms with Crippen molar-refractivity contribution >= 4 is 5.82 Å². The zero-order chi connectivity index (χ0) is 12.4. The minimum Gasteiger partial charge on any atom is -0.353 e. The first-order chi connectivity index (χ1) is 8.90. The molecule has 0 radical (unpaired) electrons. The molecule has 1 saturated carbocycles. The highest BCUT2D eigenvalue weighted by Gasteiger charge is 2.34. The van der Waals surface area contributed by atoms with E-state index < -0.39 is 0 Å². The summed E-state index contributed by atoms with van der Waals surface area (Å²) >= 11 is 0. The van der Waals surface area contributed by atoms with Crippen molar-refractivity contribution in [2.24, 2.45) is 11.7 Å². The Hall–Kier alpha value is -1.09. The van der Waals surface area contributed by atoms with Gasteiger partial charge in [0.15, 0.2) is 0 Å². The molecule has 0 amide bonds. The summed E-state index contributed by atoms with van der Waals surface area (Å²) in [5, 5.41) is 0. The maximum absolute atomic E-state index is 5.86. The monoisotopic (exact) mass is 245 g/mol. The van der Waals surface area contributed by atoms with Crippen LogP contribution in [0.15, 0.2) is 18.3 Å². The lowest BCUT2D eigenvalue weighted by molar-refractivity contribution is 0.242. The summed E-state index contributed by atoms with van der Waals surface area (Å²) in [5.74, 6) is 2.04. The maximum Gasteiger partial charge on any atom is 0.133 e. The Bertz CT molecular complexity index is 402. The molecule has 1 aliphatic heterocycles. The summed E-state index contributed by atoms with van der Waals surface area (Å²) < 4.78 is 0. The van der Waals surface area contributed by atoms with Crippen LogP contribution in [-0.2, 0) is 6.54 Å². The van der Waals surface area contributed by atoms with Crippen LogP contribution in [0.5, 0.6) is 0 Å². The SMILES string of the molecule is NCc1cccnc1N1CCC[C@H]2CCCC[C@H]21. The number of hydrogen-bond acceptors (Lipinski definition) is 3. The first-order valence-electron chi connectivity index (χ1n) is 7.31. The number of rotatable bonds is 2. The molecule has 3 heteroatoms. The Labute approximate surface area is 109 Å². The number of piperidine rings is 1. The van der Waals surface area contributed by atoms with Gasteiger partial charge in [-0.3, -0.25) is 0 Å². The molecule has 1 aromatic rings. The molecular weight excluding hydrogens is 222 g/mol. The van der Waals surface area contributed by atoms with Gasteiger partial charge in [-0.2, -0.15) is 0 Å². The molecule has 0 spiro atoms. The first-order valence-corrected chi connectivity index (χ1v) is 7.31. The van der Waals surface area contributed by atoms with Gasteiger partial charge in [-0.05, 0) is 37.7 Å². The summed E-state index contributed by atoms with van der Waals surface area (Å²) in [7, 11) is 0. The zero-order valence-corrected chi connectivity index (χ0v) is 11.0. The molecule has 1 saturated heterocycles. The standard InChI is InChI=1S/C15H23N3/c16-11-13-6-3-9-17-15(13)18-10-4-7-12-5-1-2-8-14(12)18/h3,6,9,12,14H,1-2,4-5,7-8,10-11,16H2/t12-,14-/m1/s1. The molecule has 0 aromatic carbocycles. The summed E-state index contributed by atoms with van der Waals surface area (Å²) in [6.07, 6.45) is 10.2. The fraction of sp³-hybridized carbons (Fsp3) is 0.667. The van der Waals surface area contributed by atoms with E-state index in [1.807, 2.05) is 12.3 Å². The smallest absolute Gasteiger partial charge is 0.133 e. The first kappa shape index (κ1) is 12.0. The van der Waals surface area contributed by atoms with Crippen molar-refractivity contribution in [3.8, 4) is 0 Å². The molecule has 2 aliphatic rings. The molecule has 3 rings (SSSR count). The van der Waals surface area contributed by atoms with Crippen molar-refractivity contribution in [3.63, 3.8) is 0 Å². The Morgan fingerprint density at radius 2 is 2.06 bits per heavy atom. The van der Waals surface area contributed by atoms with Crippen LogP contribution in [0.3, 0.4) is 0 Å². The molecule has 0 unspecified atom stereocenters. The molecule has 3 nitrogen and oxygen atoms in total. The lowest BCUT2D eigenvalue weighted by atomic mass is 9.78. The van der Waals surface area contributed by atoms with Gasteiger partial charge in [0.05, 0.1) is 0 Å². The predicted molar refractivity (Wildman–Crippen MR) is 74.5 cm³/mol. The van der Waals surface area contributed by atoms with Gasteiger partial charge >= 0.3 is 0 Å². The molecule has 98 valence electrons. The van der Waals surface area contributed by atoms with Crippen LogP contribution in [0.1, 0.15) is 44.1 Å². The zero-order valence-electron chi connectivity index (χ0n) is 11.0. The average molecular weight is 245 g/mol. The van der Waals surface area contributed by atoms with Crippen LogP contribution in [0, 0.1) is 5.92 Å². The van der Waals surface area contributed by atoms with Crippen LogP contribution in [0.2, 0.25) is 0 Å². The van der Waals surface area contributed by atoms with Crippen LogP contribution >= 0.6 is 0 Å². The summed E-state index contributed by atoms with van der Waals surface area (Å²) in [4.78, 5) is 7.16. The van der Waals surface area contributed by atoms with Crippen molar-refractivity contribution in [2.75, 3.05) is 11.4 Å². The van der Waals surface area contributed by atoms with Gasteiger partial charge in [-0.25, -0.2) is 4.98 Å². The van der Waals surface area contributed by atoms with Gasteiger partial charge < -0.3 is 10.6 Å². The van der Waals surface area contributed by atoms with Gasteiger partial charge in [-0.15, -0.1) is 0 Å². The highest BCUT2D eigenvalue weighted by atomic mass is 15.2. The lowest BCUT2D eigenvalue weighted by Gasteiger charge is -2.45. The fourth-order valence-electron chi connectivity index (χ4n) is 3.74. The number of anilines is 1. The Kier molecular flexibility index (Phi) is 3.50. The largest absolute Gasteiger partial charge is 0.353 e. The van der Waals surface area contributed by atoms with Gasteiger partial charge in [-0.1, -0.05) is 18.9 Å². The highest BCUT2D eigenvalue weighted by Crippen LogP contribution is 2.37. The number of nitrogens with zero attached hydrogens (tertiary/aromatic N) is 2. The van der Waals surface area contributed by atoms with E-state index in [0.29, 0.717) is 12.6 Å². The number of hydrogen-bond donors (Lipinski definition) is 1. The predicted octanol–water partition coefficient (Wildman–Crippen LogP) is 2.70. The minimum absolute atomic E-state index is 0.594. The van der Waals surface area contributed by atoms with Crippen molar-refractivity contribution in [3.05, 3.63) is 23.9 Å². The van der Waals surface area contributed by atoms with Crippen molar-refractivity contribution < 1.29 is 0 Å². The quantitative estimate of drug-likeness (QED) is 0.871. The van der Waals surface area contributed by atoms with Gasteiger partial charge in [0.25, 0.3) is 0 Å². The molecule has 2 atom stereocenters. The summed E-state index contributed by atoms with van der Waals surface area (Å²) in [6, 6.07) is 4.83. The van der Waals surface area contributed by atoms with Gasteiger partial charge in [0, 0.05) is 30.9 Å². The molecule has 1 aliphatic carbocycles. The van der Waals surface area contributed by atoms with Crippen molar-refractivity contribution in [1.29, 1.82) is 0 Å². The van der Waals surface area contributed by atoms with E-state index in [1.54, 1.807) is 0 Å².